The number of hydrogen-bond acceptors (Lipinski definition) is 9. The molecule has 0 radical (unpaired) electrons. The molecule has 6 unspecified atom stereocenters. The van der Waals surface area contributed by atoms with Crippen LogP contribution in [0, 0.1) is 0 Å². The molecule has 0 fully saturated rings. The summed E-state index contributed by atoms with van der Waals surface area (Å²) in [5.41, 5.74) is 10.5. The maximum atomic E-state index is 12.4. The Morgan fingerprint density at radius 2 is 1.41 bits per heavy atom. The fraction of sp³-hybridized carbons (Fsp3) is 0.667. The molecule has 0 spiro atoms. The Morgan fingerprint density at radius 1 is 0.897 bits per heavy atom. The second-order valence-corrected chi connectivity index (χ2v) is 6.67. The van der Waals surface area contributed by atoms with Crippen LogP contribution in [0.2, 0.25) is 0 Å². The number of amides is 4. The van der Waals surface area contributed by atoms with Gasteiger partial charge in [0, 0.05) is 5.75 Å². The van der Waals surface area contributed by atoms with Gasteiger partial charge in [-0.1, -0.05) is 0 Å². The van der Waals surface area contributed by atoms with E-state index in [1.165, 1.54) is 13.8 Å². The lowest BCUT2D eigenvalue weighted by Gasteiger charge is -2.26. The molecule has 0 aromatic rings. The Hall–Kier alpha value is -2.42. The number of thiol groups is 1. The van der Waals surface area contributed by atoms with Crippen LogP contribution in [0.25, 0.3) is 0 Å². The van der Waals surface area contributed by atoms with Gasteiger partial charge in [-0.2, -0.15) is 12.6 Å². The Balaban J connectivity index is 5.38. The zero-order valence-corrected chi connectivity index (χ0v) is 16.8. The average Bonchev–Trinajstić information content (AvgIpc) is 2.61. The Kier molecular flexibility index (Phi) is 11.2. The first-order valence-corrected chi connectivity index (χ1v) is 9.09. The predicted molar refractivity (Wildman–Crippen MR) is 102 cm³/mol. The second-order valence-electron chi connectivity index (χ2n) is 6.31. The standard InChI is InChI=1S/C15H27N5O8S/c1-5(21)10(17)13(25)20-11(6(2)22)14(26)18-7(3-9(16)23)12(24)19-8(4-29)15(27)28/h5-8,10-11,21-22,29H,3-4,17H2,1-2H3,(H2,16,23)(H,18,26)(H,19,24)(H,20,25)(H,27,28). The van der Waals surface area contributed by atoms with Gasteiger partial charge in [-0.25, -0.2) is 4.79 Å². The number of rotatable bonds is 12. The maximum absolute atomic E-state index is 12.4. The van der Waals surface area contributed by atoms with E-state index in [0.29, 0.717) is 0 Å². The van der Waals surface area contributed by atoms with Gasteiger partial charge < -0.3 is 42.7 Å². The minimum absolute atomic E-state index is 0.262. The minimum Gasteiger partial charge on any atom is -0.480 e. The summed E-state index contributed by atoms with van der Waals surface area (Å²) in [6, 6.07) is -5.95. The Morgan fingerprint density at radius 3 is 1.79 bits per heavy atom. The SMILES string of the molecule is CC(O)C(N)C(=O)NC(C(=O)NC(CC(N)=O)C(=O)NC(CS)C(=O)O)C(C)O. The molecule has 29 heavy (non-hydrogen) atoms. The number of aliphatic hydroxyl groups is 2. The quantitative estimate of drug-likeness (QED) is 0.133. The highest BCUT2D eigenvalue weighted by atomic mass is 32.1. The average molecular weight is 437 g/mol. The molecule has 0 aromatic heterocycles. The Labute approximate surface area is 172 Å². The van der Waals surface area contributed by atoms with E-state index in [-0.39, 0.29) is 5.75 Å². The van der Waals surface area contributed by atoms with Gasteiger partial charge in [0.2, 0.25) is 23.6 Å². The van der Waals surface area contributed by atoms with Crippen molar-refractivity contribution in [3.8, 4) is 0 Å². The van der Waals surface area contributed by atoms with Crippen molar-refractivity contribution in [2.24, 2.45) is 11.5 Å². The van der Waals surface area contributed by atoms with Crippen LogP contribution >= 0.6 is 12.6 Å². The first-order valence-electron chi connectivity index (χ1n) is 8.46. The maximum Gasteiger partial charge on any atom is 0.327 e. The molecule has 0 aromatic carbocycles. The highest BCUT2D eigenvalue weighted by molar-refractivity contribution is 7.80. The van der Waals surface area contributed by atoms with Gasteiger partial charge >= 0.3 is 5.97 Å². The molecule has 0 aliphatic rings. The summed E-state index contributed by atoms with van der Waals surface area (Å²) >= 11 is 3.78. The molecule has 0 aliphatic carbocycles. The van der Waals surface area contributed by atoms with Crippen molar-refractivity contribution < 1.29 is 39.3 Å². The van der Waals surface area contributed by atoms with Crippen molar-refractivity contribution >= 4 is 42.2 Å². The lowest BCUT2D eigenvalue weighted by molar-refractivity contribution is -0.142. The third-order valence-electron chi connectivity index (χ3n) is 3.72. The van der Waals surface area contributed by atoms with E-state index >= 15 is 0 Å². The van der Waals surface area contributed by atoms with E-state index in [1.807, 2.05) is 0 Å². The molecule has 10 N–H and O–H groups in total. The molecule has 0 rings (SSSR count). The molecule has 0 aliphatic heterocycles. The van der Waals surface area contributed by atoms with Gasteiger partial charge in [0.25, 0.3) is 0 Å². The van der Waals surface area contributed by atoms with Crippen LogP contribution in [-0.2, 0) is 24.0 Å². The zero-order valence-electron chi connectivity index (χ0n) is 15.9. The molecule has 0 saturated heterocycles. The molecular formula is C15H27N5O8S. The number of nitrogens with two attached hydrogens (primary N) is 2. The Bertz CT molecular complexity index is 630. The zero-order chi connectivity index (χ0) is 22.9. The van der Waals surface area contributed by atoms with Crippen molar-refractivity contribution in [3.05, 3.63) is 0 Å². The van der Waals surface area contributed by atoms with Crippen LogP contribution in [0.5, 0.6) is 0 Å². The number of hydrogen-bond donors (Lipinski definition) is 9. The predicted octanol–water partition coefficient (Wildman–Crippen LogP) is -4.58. The van der Waals surface area contributed by atoms with Gasteiger partial charge in [-0.15, -0.1) is 0 Å². The molecule has 13 nitrogen and oxygen atoms in total. The highest BCUT2D eigenvalue weighted by Gasteiger charge is 2.33. The number of primary amides is 1. The minimum atomic E-state index is -1.59. The fourth-order valence-corrected chi connectivity index (χ4v) is 2.25. The second kappa shape index (κ2) is 12.2. The van der Waals surface area contributed by atoms with Crippen molar-refractivity contribution in [3.63, 3.8) is 0 Å². The van der Waals surface area contributed by atoms with Crippen molar-refractivity contribution in [2.75, 3.05) is 5.75 Å². The smallest absolute Gasteiger partial charge is 0.327 e. The topological polar surface area (TPSA) is 234 Å². The molecule has 0 bridgehead atoms. The summed E-state index contributed by atoms with van der Waals surface area (Å²) in [4.78, 5) is 58.9. The van der Waals surface area contributed by atoms with Crippen molar-refractivity contribution in [1.82, 2.24) is 16.0 Å². The van der Waals surface area contributed by atoms with Gasteiger partial charge in [-0.05, 0) is 13.8 Å². The molecule has 4 amide bonds. The van der Waals surface area contributed by atoms with E-state index in [4.69, 9.17) is 16.6 Å². The van der Waals surface area contributed by atoms with Crippen LogP contribution in [0.3, 0.4) is 0 Å². The van der Waals surface area contributed by atoms with Crippen LogP contribution in [0.1, 0.15) is 20.3 Å². The van der Waals surface area contributed by atoms with Crippen LogP contribution in [0.15, 0.2) is 0 Å². The summed E-state index contributed by atoms with van der Waals surface area (Å²) in [5, 5.41) is 34.4. The third-order valence-corrected chi connectivity index (χ3v) is 4.09. The van der Waals surface area contributed by atoms with Crippen LogP contribution in [0.4, 0.5) is 0 Å². The first kappa shape index (κ1) is 26.6. The van der Waals surface area contributed by atoms with Crippen molar-refractivity contribution in [1.29, 1.82) is 0 Å². The van der Waals surface area contributed by atoms with Crippen LogP contribution in [-0.4, -0.2) is 87.0 Å². The number of carbonyl (C=O) groups is 5. The first-order chi connectivity index (χ1) is 13.3. The lowest BCUT2D eigenvalue weighted by Crippen LogP contribution is -2.61. The van der Waals surface area contributed by atoms with Gasteiger partial charge in [0.1, 0.15) is 24.2 Å². The molecular weight excluding hydrogens is 410 g/mol. The molecule has 166 valence electrons. The summed E-state index contributed by atoms with van der Waals surface area (Å²) in [6.45, 7) is 2.41. The van der Waals surface area contributed by atoms with Gasteiger partial charge in [0.15, 0.2) is 0 Å². The van der Waals surface area contributed by atoms with E-state index < -0.39 is 72.4 Å². The van der Waals surface area contributed by atoms with E-state index in [9.17, 15) is 34.2 Å². The summed E-state index contributed by atoms with van der Waals surface area (Å²) in [7, 11) is 0. The van der Waals surface area contributed by atoms with Crippen LogP contribution < -0.4 is 27.4 Å². The summed E-state index contributed by atoms with van der Waals surface area (Å²) in [5.74, 6) is -5.67. The molecule has 0 heterocycles. The number of carbonyl (C=O) groups excluding carboxylic acids is 4. The van der Waals surface area contributed by atoms with Crippen molar-refractivity contribution in [2.45, 2.75) is 56.6 Å². The molecule has 0 saturated carbocycles. The number of aliphatic carboxylic acids is 1. The molecule has 6 atom stereocenters. The lowest BCUT2D eigenvalue weighted by atomic mass is 10.1. The van der Waals surface area contributed by atoms with E-state index in [2.05, 4.69) is 28.6 Å². The van der Waals surface area contributed by atoms with Gasteiger partial charge in [-0.3, -0.25) is 19.2 Å². The van der Waals surface area contributed by atoms with Gasteiger partial charge in [0.05, 0.1) is 18.6 Å². The number of carboxylic acid groups (broad SMARTS) is 1. The normalized spacial score (nSPS) is 17.0. The fourth-order valence-electron chi connectivity index (χ4n) is 2.00. The van der Waals surface area contributed by atoms with E-state index in [0.717, 1.165) is 0 Å². The number of carboxylic acids is 1. The third kappa shape index (κ3) is 9.08. The number of aliphatic hydroxyl groups excluding tert-OH is 2. The summed E-state index contributed by atoms with van der Waals surface area (Å²) in [6.07, 6.45) is -3.36. The monoisotopic (exact) mass is 437 g/mol. The summed E-state index contributed by atoms with van der Waals surface area (Å²) < 4.78 is 0. The molecule has 14 heteroatoms. The largest absolute Gasteiger partial charge is 0.480 e. The number of nitrogens with one attached hydrogen (secondary N) is 3. The highest BCUT2D eigenvalue weighted by Crippen LogP contribution is 2.01. The van der Waals surface area contributed by atoms with E-state index in [1.54, 1.807) is 0 Å².